The number of rotatable bonds is 8. The average molecular weight is 379 g/mol. The predicted octanol–water partition coefficient (Wildman–Crippen LogP) is 3.30. The van der Waals surface area contributed by atoms with Gasteiger partial charge in [0.2, 0.25) is 6.41 Å². The number of H-pyrrole nitrogens is 1. The molecule has 0 saturated carbocycles. The lowest BCUT2D eigenvalue weighted by atomic mass is 10.2. The Bertz CT molecular complexity index is 980. The lowest BCUT2D eigenvalue weighted by Crippen LogP contribution is -2.38. The number of benzene rings is 2. The fraction of sp³-hybridized carbons (Fsp3) is 0.273. The Hall–Kier alpha value is -3.28. The van der Waals surface area contributed by atoms with Crippen LogP contribution in [0.4, 0.5) is 0 Å². The number of hydrogen-bond donors (Lipinski definition) is 2. The highest BCUT2D eigenvalue weighted by Gasteiger charge is 2.17. The van der Waals surface area contributed by atoms with Crippen LogP contribution in [0, 0.1) is 6.92 Å². The first-order valence-corrected chi connectivity index (χ1v) is 9.36. The molecule has 2 N–H and O–H groups in total. The molecule has 2 amide bonds. The topological polar surface area (TPSA) is 76.6 Å². The Kier molecular flexibility index (Phi) is 5.99. The van der Waals surface area contributed by atoms with Crippen molar-refractivity contribution < 1.29 is 14.7 Å². The van der Waals surface area contributed by atoms with Gasteiger partial charge in [0.15, 0.2) is 0 Å². The maximum Gasteiger partial charge on any atom is 0.270 e. The zero-order chi connectivity index (χ0) is 20.1. The van der Waals surface area contributed by atoms with Crippen molar-refractivity contribution in [3.8, 4) is 5.75 Å². The summed E-state index contributed by atoms with van der Waals surface area (Å²) in [6, 6.07) is 14.7. The number of fused-ring (bicyclic) bond motifs is 1. The van der Waals surface area contributed by atoms with Crippen molar-refractivity contribution in [2.24, 2.45) is 0 Å². The fourth-order valence-corrected chi connectivity index (χ4v) is 3.25. The number of likely N-dealkylation sites (N-methyl/N-ethyl adjacent to an activating group) is 1. The van der Waals surface area contributed by atoms with E-state index in [0.717, 1.165) is 28.4 Å². The maximum absolute atomic E-state index is 12.9. The highest BCUT2D eigenvalue weighted by Crippen LogP contribution is 2.18. The second-order valence-electron chi connectivity index (χ2n) is 6.90. The first-order chi connectivity index (χ1) is 13.5. The quantitative estimate of drug-likeness (QED) is 0.590. The molecular formula is C22H25N3O3. The molecule has 6 nitrogen and oxygen atoms in total. The molecule has 1 aromatic heterocycles. The minimum absolute atomic E-state index is 0.0837. The van der Waals surface area contributed by atoms with E-state index in [0.29, 0.717) is 31.9 Å². The summed E-state index contributed by atoms with van der Waals surface area (Å²) in [6.45, 7) is 5.72. The number of amides is 2. The molecule has 0 aliphatic heterocycles. The highest BCUT2D eigenvalue weighted by molar-refractivity contribution is 5.98. The van der Waals surface area contributed by atoms with Crippen LogP contribution in [0.3, 0.4) is 0 Å². The van der Waals surface area contributed by atoms with Gasteiger partial charge in [-0.15, -0.1) is 0 Å². The normalized spacial score (nSPS) is 10.8. The van der Waals surface area contributed by atoms with Gasteiger partial charge in [-0.3, -0.25) is 9.59 Å². The Morgan fingerprint density at radius 1 is 1.14 bits per heavy atom. The zero-order valence-corrected chi connectivity index (χ0v) is 16.2. The monoisotopic (exact) mass is 379 g/mol. The minimum Gasteiger partial charge on any atom is -0.508 e. The van der Waals surface area contributed by atoms with Gasteiger partial charge in [-0.2, -0.15) is 0 Å². The molecule has 0 fully saturated rings. The van der Waals surface area contributed by atoms with Crippen LogP contribution in [-0.4, -0.2) is 51.8 Å². The average Bonchev–Trinajstić information content (AvgIpc) is 3.10. The third-order valence-electron chi connectivity index (χ3n) is 4.78. The van der Waals surface area contributed by atoms with Gasteiger partial charge in [-0.05, 0) is 49.7 Å². The molecule has 1 heterocycles. The summed E-state index contributed by atoms with van der Waals surface area (Å²) in [5, 5.41) is 10.6. The van der Waals surface area contributed by atoms with Gasteiger partial charge in [-0.1, -0.05) is 23.8 Å². The Labute approximate surface area is 164 Å². The molecule has 0 aliphatic carbocycles. The summed E-state index contributed by atoms with van der Waals surface area (Å²) in [6.07, 6.45) is 0.772. The largest absolute Gasteiger partial charge is 0.508 e. The molecule has 2 aromatic carbocycles. The summed E-state index contributed by atoms with van der Waals surface area (Å²) in [5.74, 6) is 0.0855. The van der Waals surface area contributed by atoms with Crippen molar-refractivity contribution in [3.63, 3.8) is 0 Å². The molecule has 146 valence electrons. The number of carbonyl (C=O) groups excluding carboxylic acids is 2. The summed E-state index contributed by atoms with van der Waals surface area (Å²) >= 11 is 0. The summed E-state index contributed by atoms with van der Waals surface area (Å²) < 4.78 is 0. The number of aromatic nitrogens is 1. The third-order valence-corrected chi connectivity index (χ3v) is 4.78. The van der Waals surface area contributed by atoms with Crippen molar-refractivity contribution in [1.82, 2.24) is 14.8 Å². The van der Waals surface area contributed by atoms with Crippen LogP contribution in [0.2, 0.25) is 0 Å². The molecule has 0 atom stereocenters. The lowest BCUT2D eigenvalue weighted by Gasteiger charge is -2.24. The van der Waals surface area contributed by atoms with E-state index in [2.05, 4.69) is 4.98 Å². The van der Waals surface area contributed by atoms with Crippen LogP contribution >= 0.6 is 0 Å². The lowest BCUT2D eigenvalue weighted by molar-refractivity contribution is -0.118. The first kappa shape index (κ1) is 19.5. The van der Waals surface area contributed by atoms with E-state index in [1.807, 2.05) is 44.2 Å². The molecule has 3 rings (SSSR count). The molecule has 0 radical (unpaired) electrons. The smallest absolute Gasteiger partial charge is 0.270 e. The van der Waals surface area contributed by atoms with Gasteiger partial charge >= 0.3 is 0 Å². The van der Waals surface area contributed by atoms with Crippen LogP contribution in [0.1, 0.15) is 28.5 Å². The fourth-order valence-electron chi connectivity index (χ4n) is 3.25. The van der Waals surface area contributed by atoms with Crippen LogP contribution in [0.5, 0.6) is 5.75 Å². The Morgan fingerprint density at radius 2 is 1.96 bits per heavy atom. The molecule has 0 unspecified atom stereocenters. The molecule has 28 heavy (non-hydrogen) atoms. The summed E-state index contributed by atoms with van der Waals surface area (Å²) in [4.78, 5) is 30.8. The van der Waals surface area contributed by atoms with Crippen LogP contribution in [0.15, 0.2) is 48.5 Å². The number of phenols is 1. The standard InChI is InChI=1S/C22H25N3O3/c1-3-25(10-9-24(15-26)14-17-5-4-6-19(27)12-17)22(28)21-13-18-11-16(2)7-8-20(18)23-21/h4-8,11-13,15,23,27H,3,9-10,14H2,1-2H3. The van der Waals surface area contributed by atoms with Gasteiger partial charge in [0.05, 0.1) is 0 Å². The number of carbonyl (C=O) groups is 2. The van der Waals surface area contributed by atoms with E-state index in [9.17, 15) is 14.7 Å². The molecule has 0 spiro atoms. The SMILES string of the molecule is CCN(CCN(C=O)Cc1cccc(O)c1)C(=O)c1cc2cc(C)ccc2[nH]1. The van der Waals surface area contributed by atoms with Gasteiger partial charge < -0.3 is 19.9 Å². The molecule has 0 saturated heterocycles. The van der Waals surface area contributed by atoms with Crippen molar-refractivity contribution in [2.45, 2.75) is 20.4 Å². The van der Waals surface area contributed by atoms with Gasteiger partial charge in [0, 0.05) is 37.1 Å². The second kappa shape index (κ2) is 8.61. The van der Waals surface area contributed by atoms with E-state index < -0.39 is 0 Å². The van der Waals surface area contributed by atoms with Crippen molar-refractivity contribution >= 4 is 23.2 Å². The number of aromatic hydroxyl groups is 1. The van der Waals surface area contributed by atoms with E-state index in [1.165, 1.54) is 0 Å². The van der Waals surface area contributed by atoms with E-state index >= 15 is 0 Å². The number of nitrogens with one attached hydrogen (secondary N) is 1. The number of nitrogens with zero attached hydrogens (tertiary/aromatic N) is 2. The number of aryl methyl sites for hydroxylation is 1. The second-order valence-corrected chi connectivity index (χ2v) is 6.90. The molecule has 6 heteroatoms. The van der Waals surface area contributed by atoms with Crippen LogP contribution in [-0.2, 0) is 11.3 Å². The molecule has 0 aliphatic rings. The summed E-state index contributed by atoms with van der Waals surface area (Å²) in [7, 11) is 0. The van der Waals surface area contributed by atoms with Crippen molar-refractivity contribution in [2.75, 3.05) is 19.6 Å². The van der Waals surface area contributed by atoms with Gasteiger partial charge in [0.1, 0.15) is 11.4 Å². The maximum atomic E-state index is 12.9. The number of aromatic amines is 1. The van der Waals surface area contributed by atoms with Crippen molar-refractivity contribution in [1.29, 1.82) is 0 Å². The van der Waals surface area contributed by atoms with E-state index in [-0.39, 0.29) is 11.7 Å². The zero-order valence-electron chi connectivity index (χ0n) is 16.2. The minimum atomic E-state index is -0.0837. The van der Waals surface area contributed by atoms with Crippen molar-refractivity contribution in [3.05, 3.63) is 65.4 Å². The summed E-state index contributed by atoms with van der Waals surface area (Å²) in [5.41, 5.74) is 3.47. The number of phenolic OH excluding ortho intramolecular Hbond substituents is 1. The van der Waals surface area contributed by atoms with Gasteiger partial charge in [-0.25, -0.2) is 0 Å². The Morgan fingerprint density at radius 3 is 2.68 bits per heavy atom. The van der Waals surface area contributed by atoms with Gasteiger partial charge in [0.25, 0.3) is 5.91 Å². The number of hydrogen-bond acceptors (Lipinski definition) is 3. The molecule has 3 aromatic rings. The Balaban J connectivity index is 1.66. The predicted molar refractivity (Wildman–Crippen MR) is 109 cm³/mol. The highest BCUT2D eigenvalue weighted by atomic mass is 16.3. The van der Waals surface area contributed by atoms with Crippen LogP contribution < -0.4 is 0 Å². The van der Waals surface area contributed by atoms with E-state index in [4.69, 9.17) is 0 Å². The third kappa shape index (κ3) is 4.52. The van der Waals surface area contributed by atoms with E-state index in [1.54, 1.807) is 28.0 Å². The first-order valence-electron chi connectivity index (χ1n) is 9.36. The molecule has 0 bridgehead atoms. The molecular weight excluding hydrogens is 354 g/mol. The van der Waals surface area contributed by atoms with Crippen LogP contribution in [0.25, 0.3) is 10.9 Å².